The zero-order valence-electron chi connectivity index (χ0n) is 9.86. The van der Waals surface area contributed by atoms with Crippen LogP contribution >= 0.6 is 0 Å². The lowest BCUT2D eigenvalue weighted by Gasteiger charge is -2.20. The third-order valence-electron chi connectivity index (χ3n) is 3.07. The number of fused-ring (bicyclic) bond motifs is 1. The predicted octanol–water partition coefficient (Wildman–Crippen LogP) is 2.02. The van der Waals surface area contributed by atoms with Gasteiger partial charge in [-0.2, -0.15) is 0 Å². The highest BCUT2D eigenvalue weighted by Gasteiger charge is 2.17. The number of nitrogens with one attached hydrogen (secondary N) is 3. The summed E-state index contributed by atoms with van der Waals surface area (Å²) in [5.74, 6) is 0.354. The van der Waals surface area contributed by atoms with Gasteiger partial charge in [0.05, 0.1) is 0 Å². The van der Waals surface area contributed by atoms with Crippen molar-refractivity contribution in [3.05, 3.63) is 41.7 Å². The third kappa shape index (κ3) is 1.95. The number of nitrogens with zero attached hydrogens (tertiary/aromatic N) is 1. The van der Waals surface area contributed by atoms with Gasteiger partial charge < -0.3 is 10.3 Å². The SMILES string of the molecule is O=C(Nc1ncc[nH]1)c1cccc2c1CCCN2. The molecule has 0 fully saturated rings. The molecule has 0 bridgehead atoms. The van der Waals surface area contributed by atoms with E-state index in [1.54, 1.807) is 12.4 Å². The van der Waals surface area contributed by atoms with E-state index in [-0.39, 0.29) is 5.91 Å². The summed E-state index contributed by atoms with van der Waals surface area (Å²) in [6, 6.07) is 5.76. The van der Waals surface area contributed by atoms with E-state index in [9.17, 15) is 4.79 Å². The molecule has 2 heterocycles. The quantitative estimate of drug-likeness (QED) is 0.754. The molecule has 3 N–H and O–H groups in total. The molecule has 5 heteroatoms. The Labute approximate surface area is 105 Å². The zero-order chi connectivity index (χ0) is 12.4. The molecule has 1 aliphatic rings. The number of aromatic amines is 1. The van der Waals surface area contributed by atoms with E-state index in [0.717, 1.165) is 36.2 Å². The third-order valence-corrected chi connectivity index (χ3v) is 3.07. The van der Waals surface area contributed by atoms with E-state index in [0.29, 0.717) is 5.95 Å². The number of aromatic nitrogens is 2. The van der Waals surface area contributed by atoms with Crippen molar-refractivity contribution in [2.45, 2.75) is 12.8 Å². The summed E-state index contributed by atoms with van der Waals surface area (Å²) in [7, 11) is 0. The van der Waals surface area contributed by atoms with Crippen molar-refractivity contribution in [1.29, 1.82) is 0 Å². The van der Waals surface area contributed by atoms with Crippen molar-refractivity contribution in [1.82, 2.24) is 9.97 Å². The second kappa shape index (κ2) is 4.52. The minimum Gasteiger partial charge on any atom is -0.385 e. The van der Waals surface area contributed by atoms with Crippen LogP contribution in [0.3, 0.4) is 0 Å². The number of imidazole rings is 1. The maximum atomic E-state index is 12.2. The van der Waals surface area contributed by atoms with Crippen molar-refractivity contribution in [3.8, 4) is 0 Å². The summed E-state index contributed by atoms with van der Waals surface area (Å²) in [6.45, 7) is 0.969. The predicted molar refractivity (Wildman–Crippen MR) is 69.8 cm³/mol. The van der Waals surface area contributed by atoms with Crippen LogP contribution in [0.15, 0.2) is 30.6 Å². The molecule has 1 aromatic heterocycles. The van der Waals surface area contributed by atoms with E-state index < -0.39 is 0 Å². The molecule has 3 rings (SSSR count). The summed E-state index contributed by atoms with van der Waals surface area (Å²) in [4.78, 5) is 19.0. The van der Waals surface area contributed by atoms with Gasteiger partial charge in [-0.05, 0) is 30.5 Å². The Bertz CT molecular complexity index is 562. The minimum absolute atomic E-state index is 0.120. The maximum Gasteiger partial charge on any atom is 0.258 e. The van der Waals surface area contributed by atoms with Crippen LogP contribution in [0.1, 0.15) is 22.3 Å². The molecule has 0 spiro atoms. The Morgan fingerprint density at radius 3 is 3.17 bits per heavy atom. The molecule has 5 nitrogen and oxygen atoms in total. The number of carbonyl (C=O) groups is 1. The number of hydrogen-bond donors (Lipinski definition) is 3. The van der Waals surface area contributed by atoms with Gasteiger partial charge in [-0.15, -0.1) is 0 Å². The molecular weight excluding hydrogens is 228 g/mol. The first-order valence-electron chi connectivity index (χ1n) is 6.01. The first kappa shape index (κ1) is 10.8. The molecule has 0 saturated heterocycles. The van der Waals surface area contributed by atoms with Crippen LogP contribution in [-0.2, 0) is 6.42 Å². The standard InChI is InChI=1S/C13H14N4O/c18-12(17-13-15-7-8-16-13)10-3-1-5-11-9(10)4-2-6-14-11/h1,3,5,7-8,14H,2,4,6H2,(H2,15,16,17,18). The van der Waals surface area contributed by atoms with Crippen LogP contribution < -0.4 is 10.6 Å². The van der Waals surface area contributed by atoms with Gasteiger partial charge in [0.1, 0.15) is 0 Å². The Morgan fingerprint density at radius 1 is 1.39 bits per heavy atom. The molecule has 0 saturated carbocycles. The van der Waals surface area contributed by atoms with Crippen LogP contribution in [0, 0.1) is 0 Å². The molecule has 0 aliphatic carbocycles. The number of H-pyrrole nitrogens is 1. The molecule has 0 unspecified atom stereocenters. The fourth-order valence-corrected chi connectivity index (χ4v) is 2.23. The molecular formula is C13H14N4O. The van der Waals surface area contributed by atoms with Gasteiger partial charge in [-0.3, -0.25) is 10.1 Å². The Hall–Kier alpha value is -2.30. The molecule has 0 radical (unpaired) electrons. The highest BCUT2D eigenvalue weighted by atomic mass is 16.1. The van der Waals surface area contributed by atoms with Gasteiger partial charge in [0, 0.05) is 30.2 Å². The van der Waals surface area contributed by atoms with Gasteiger partial charge in [-0.25, -0.2) is 4.98 Å². The minimum atomic E-state index is -0.120. The van der Waals surface area contributed by atoms with Crippen LogP contribution in [0.4, 0.5) is 11.6 Å². The summed E-state index contributed by atoms with van der Waals surface area (Å²) in [5.41, 5.74) is 2.87. The Balaban J connectivity index is 1.89. The van der Waals surface area contributed by atoms with Crippen molar-refractivity contribution < 1.29 is 4.79 Å². The van der Waals surface area contributed by atoms with Crippen molar-refractivity contribution in [2.75, 3.05) is 17.2 Å². The van der Waals surface area contributed by atoms with Gasteiger partial charge in [0.2, 0.25) is 5.95 Å². The van der Waals surface area contributed by atoms with Gasteiger partial charge in [-0.1, -0.05) is 6.07 Å². The van der Waals surface area contributed by atoms with Crippen LogP contribution in [0.25, 0.3) is 0 Å². The van der Waals surface area contributed by atoms with E-state index in [4.69, 9.17) is 0 Å². The lowest BCUT2D eigenvalue weighted by molar-refractivity contribution is 0.102. The number of anilines is 2. The number of amides is 1. The van der Waals surface area contributed by atoms with Gasteiger partial charge in [0.25, 0.3) is 5.91 Å². The smallest absolute Gasteiger partial charge is 0.258 e. The van der Waals surface area contributed by atoms with E-state index >= 15 is 0 Å². The maximum absolute atomic E-state index is 12.2. The first-order chi connectivity index (χ1) is 8.84. The average molecular weight is 242 g/mol. The molecule has 18 heavy (non-hydrogen) atoms. The summed E-state index contributed by atoms with van der Waals surface area (Å²) in [5, 5.41) is 6.07. The van der Waals surface area contributed by atoms with E-state index in [1.165, 1.54) is 0 Å². The fraction of sp³-hybridized carbons (Fsp3) is 0.231. The fourth-order valence-electron chi connectivity index (χ4n) is 2.23. The molecule has 1 amide bonds. The summed E-state index contributed by atoms with van der Waals surface area (Å²) in [6.07, 6.45) is 5.28. The summed E-state index contributed by atoms with van der Waals surface area (Å²) < 4.78 is 0. The lowest BCUT2D eigenvalue weighted by atomic mass is 9.97. The highest BCUT2D eigenvalue weighted by molar-refractivity contribution is 6.05. The van der Waals surface area contributed by atoms with Crippen molar-refractivity contribution >= 4 is 17.5 Å². The monoisotopic (exact) mass is 242 g/mol. The molecule has 92 valence electrons. The lowest BCUT2D eigenvalue weighted by Crippen LogP contribution is -2.19. The number of carbonyl (C=O) groups excluding carboxylic acids is 1. The van der Waals surface area contributed by atoms with Crippen LogP contribution in [-0.4, -0.2) is 22.4 Å². The van der Waals surface area contributed by atoms with Gasteiger partial charge >= 0.3 is 0 Å². The van der Waals surface area contributed by atoms with Crippen molar-refractivity contribution in [3.63, 3.8) is 0 Å². The number of rotatable bonds is 2. The van der Waals surface area contributed by atoms with E-state index in [1.807, 2.05) is 18.2 Å². The number of benzene rings is 1. The summed E-state index contributed by atoms with van der Waals surface area (Å²) >= 11 is 0. The normalized spacial score (nSPS) is 13.6. The van der Waals surface area contributed by atoms with Crippen molar-refractivity contribution in [2.24, 2.45) is 0 Å². The first-order valence-corrected chi connectivity index (χ1v) is 6.01. The zero-order valence-corrected chi connectivity index (χ0v) is 9.86. The molecule has 1 aromatic carbocycles. The highest BCUT2D eigenvalue weighted by Crippen LogP contribution is 2.25. The van der Waals surface area contributed by atoms with Crippen LogP contribution in [0.2, 0.25) is 0 Å². The van der Waals surface area contributed by atoms with Gasteiger partial charge in [0.15, 0.2) is 0 Å². The van der Waals surface area contributed by atoms with E-state index in [2.05, 4.69) is 20.6 Å². The molecule has 2 aromatic rings. The second-order valence-corrected chi connectivity index (χ2v) is 4.25. The van der Waals surface area contributed by atoms with Crippen LogP contribution in [0.5, 0.6) is 0 Å². The average Bonchev–Trinajstić information content (AvgIpc) is 2.91. The molecule has 1 aliphatic heterocycles. The Kier molecular flexibility index (Phi) is 2.72. The second-order valence-electron chi connectivity index (χ2n) is 4.25. The largest absolute Gasteiger partial charge is 0.385 e. The molecule has 0 atom stereocenters. The topological polar surface area (TPSA) is 69.8 Å². The Morgan fingerprint density at radius 2 is 2.33 bits per heavy atom. The number of hydrogen-bond acceptors (Lipinski definition) is 3.